The Balaban J connectivity index is 1.75. The topological polar surface area (TPSA) is 102 Å². The van der Waals surface area contributed by atoms with Gasteiger partial charge >= 0.3 is 30.3 Å². The van der Waals surface area contributed by atoms with Gasteiger partial charge in [-0.25, -0.2) is 4.79 Å². The number of ether oxygens (including phenoxy) is 3. The first-order chi connectivity index (χ1) is 23.7. The number of alkyl halides is 6. The molecule has 0 radical (unpaired) electrons. The molecule has 0 spiro atoms. The third kappa shape index (κ3) is 7.21. The highest BCUT2D eigenvalue weighted by molar-refractivity contribution is 6.01. The number of carbonyl (C=O) groups is 3. The predicted octanol–water partition coefficient (Wildman–Crippen LogP) is 7.70. The Morgan fingerprint density at radius 1 is 0.863 bits per heavy atom. The minimum absolute atomic E-state index is 0.0259. The summed E-state index contributed by atoms with van der Waals surface area (Å²) in [5, 5.41) is 11.0. The number of halogens is 6. The number of rotatable bonds is 9. The summed E-state index contributed by atoms with van der Waals surface area (Å²) < 4.78 is 101. The van der Waals surface area contributed by atoms with Crippen LogP contribution in [0.15, 0.2) is 78.9 Å². The van der Waals surface area contributed by atoms with Crippen LogP contribution in [0, 0.1) is 5.41 Å². The molecule has 0 aromatic heterocycles. The van der Waals surface area contributed by atoms with Crippen molar-refractivity contribution in [2.75, 3.05) is 7.11 Å². The lowest BCUT2D eigenvalue weighted by molar-refractivity contribution is -0.180. The molecule has 3 aromatic carbocycles. The van der Waals surface area contributed by atoms with Gasteiger partial charge < -0.3 is 19.3 Å². The second-order valence-corrected chi connectivity index (χ2v) is 13.8. The lowest BCUT2D eigenvalue weighted by atomic mass is 9.74. The van der Waals surface area contributed by atoms with Crippen LogP contribution < -0.4 is 0 Å². The van der Waals surface area contributed by atoms with E-state index in [1.807, 2.05) is 0 Å². The Morgan fingerprint density at radius 3 is 1.90 bits per heavy atom. The fourth-order valence-corrected chi connectivity index (χ4v) is 7.38. The Kier molecular flexibility index (Phi) is 10.1. The maximum Gasteiger partial charge on any atom is 0.416 e. The maximum atomic E-state index is 14.1. The summed E-state index contributed by atoms with van der Waals surface area (Å²) in [7, 11) is 0.913. The van der Waals surface area contributed by atoms with Crippen molar-refractivity contribution in [3.63, 3.8) is 0 Å². The van der Waals surface area contributed by atoms with E-state index in [1.54, 1.807) is 86.3 Å². The summed E-state index contributed by atoms with van der Waals surface area (Å²) in [6.45, 7) is 4.83. The fourth-order valence-electron chi connectivity index (χ4n) is 7.38. The minimum atomic E-state index is -5.22. The zero-order valence-electron chi connectivity index (χ0n) is 28.2. The standard InChI is InChI=1S/C37H37F6NO7/c1-33(2,3)51-32(48)34(31(46)47)21-35(24-13-9-6-10-14-24)28(16-15-27(34)44(35)20-22-11-7-5-8-12-22)50-29(30(45)49-4)23-17-25(36(38,39)40)19-26(18-23)37(41,42)43/h5-14,17-19,27-29H,15-16,20-21H2,1-4H3,(H,46,47). The summed E-state index contributed by atoms with van der Waals surface area (Å²) in [4.78, 5) is 42.7. The van der Waals surface area contributed by atoms with Gasteiger partial charge in [0, 0.05) is 19.0 Å². The van der Waals surface area contributed by atoms with Gasteiger partial charge in [-0.3, -0.25) is 14.5 Å². The van der Waals surface area contributed by atoms with Gasteiger partial charge in [0.15, 0.2) is 11.5 Å². The van der Waals surface area contributed by atoms with Crippen LogP contribution >= 0.6 is 0 Å². The van der Waals surface area contributed by atoms with Gasteiger partial charge in [-0.15, -0.1) is 0 Å². The van der Waals surface area contributed by atoms with E-state index in [1.165, 1.54) is 0 Å². The summed E-state index contributed by atoms with van der Waals surface area (Å²) >= 11 is 0. The second kappa shape index (κ2) is 13.6. The van der Waals surface area contributed by atoms with E-state index in [0.29, 0.717) is 23.3 Å². The van der Waals surface area contributed by atoms with Gasteiger partial charge in [0.1, 0.15) is 5.60 Å². The number of carboxylic acid groups (broad SMARTS) is 1. The van der Waals surface area contributed by atoms with Crippen LogP contribution in [0.25, 0.3) is 0 Å². The van der Waals surface area contributed by atoms with E-state index in [9.17, 15) is 45.8 Å². The lowest BCUT2D eigenvalue weighted by Gasteiger charge is -2.50. The van der Waals surface area contributed by atoms with Crippen LogP contribution in [0.4, 0.5) is 26.3 Å². The summed E-state index contributed by atoms with van der Waals surface area (Å²) in [5.74, 6) is -3.77. The largest absolute Gasteiger partial charge is 0.480 e. The van der Waals surface area contributed by atoms with E-state index in [4.69, 9.17) is 14.2 Å². The Morgan fingerprint density at radius 2 is 1.41 bits per heavy atom. The normalized spacial score (nSPS) is 24.5. The number of hydrogen-bond acceptors (Lipinski definition) is 7. The molecule has 8 nitrogen and oxygen atoms in total. The predicted molar refractivity (Wildman–Crippen MR) is 170 cm³/mol. The van der Waals surface area contributed by atoms with Gasteiger partial charge in [0.05, 0.1) is 29.9 Å². The highest BCUT2D eigenvalue weighted by Crippen LogP contribution is 2.61. The average Bonchev–Trinajstić information content (AvgIpc) is 3.25. The van der Waals surface area contributed by atoms with Gasteiger partial charge in [-0.2, -0.15) is 26.3 Å². The summed E-state index contributed by atoms with van der Waals surface area (Å²) in [6, 6.07) is 17.0. The number of hydrogen-bond donors (Lipinski definition) is 1. The molecule has 14 heteroatoms. The number of carbonyl (C=O) groups excluding carboxylic acids is 2. The number of benzene rings is 3. The molecule has 0 saturated carbocycles. The number of nitrogens with zero attached hydrogens (tertiary/aromatic N) is 1. The molecule has 2 heterocycles. The monoisotopic (exact) mass is 721 g/mol. The lowest BCUT2D eigenvalue weighted by Crippen LogP contribution is -2.58. The van der Waals surface area contributed by atoms with E-state index in [2.05, 4.69) is 0 Å². The van der Waals surface area contributed by atoms with E-state index >= 15 is 0 Å². The van der Waals surface area contributed by atoms with Gasteiger partial charge in [-0.05, 0) is 68.5 Å². The molecule has 2 fully saturated rings. The highest BCUT2D eigenvalue weighted by Gasteiger charge is 2.72. The third-order valence-corrected chi connectivity index (χ3v) is 9.48. The van der Waals surface area contributed by atoms with Crippen molar-refractivity contribution in [1.82, 2.24) is 4.90 Å². The van der Waals surface area contributed by atoms with Gasteiger partial charge in [-0.1, -0.05) is 60.7 Å². The number of esters is 2. The molecule has 2 bridgehead atoms. The molecular weight excluding hydrogens is 684 g/mol. The Hall–Kier alpha value is -4.43. The quantitative estimate of drug-likeness (QED) is 0.136. The summed E-state index contributed by atoms with van der Waals surface area (Å²) in [6.07, 6.45) is -14.3. The SMILES string of the molecule is COC(=O)C(OC1CCC2N(Cc3ccccc3)C1(c1ccccc1)CC2(C(=O)O)C(=O)OC(C)(C)C)c1cc(C(F)(F)F)cc(C(F)(F)F)c1. The first-order valence-electron chi connectivity index (χ1n) is 16.1. The van der Waals surface area contributed by atoms with Crippen molar-refractivity contribution in [1.29, 1.82) is 0 Å². The molecule has 2 saturated heterocycles. The van der Waals surface area contributed by atoms with Gasteiger partial charge in [0.2, 0.25) is 0 Å². The van der Waals surface area contributed by atoms with Crippen molar-refractivity contribution in [3.05, 3.63) is 107 Å². The van der Waals surface area contributed by atoms with Crippen molar-refractivity contribution in [2.24, 2.45) is 5.41 Å². The van der Waals surface area contributed by atoms with Crippen molar-refractivity contribution in [2.45, 2.75) is 88.3 Å². The van der Waals surface area contributed by atoms with Crippen LogP contribution in [-0.2, 0) is 53.0 Å². The molecule has 274 valence electrons. The van der Waals surface area contributed by atoms with Crippen molar-refractivity contribution >= 4 is 17.9 Å². The fraction of sp³-hybridized carbons (Fsp3) is 0.432. The van der Waals surface area contributed by atoms with E-state index in [-0.39, 0.29) is 25.5 Å². The Labute approximate surface area is 290 Å². The second-order valence-electron chi connectivity index (χ2n) is 13.8. The number of carboxylic acids is 1. The van der Waals surface area contributed by atoms with Crippen LogP contribution in [-0.4, -0.2) is 52.8 Å². The van der Waals surface area contributed by atoms with Crippen LogP contribution in [0.1, 0.15) is 74.0 Å². The molecule has 1 N–H and O–H groups in total. The smallest absolute Gasteiger partial charge is 0.416 e. The molecule has 2 aliphatic rings. The molecule has 51 heavy (non-hydrogen) atoms. The van der Waals surface area contributed by atoms with E-state index < -0.39 is 88.2 Å². The van der Waals surface area contributed by atoms with Crippen molar-refractivity contribution in [3.8, 4) is 0 Å². The molecule has 0 aliphatic carbocycles. The molecular formula is C37H37F6NO7. The third-order valence-electron chi connectivity index (χ3n) is 9.48. The highest BCUT2D eigenvalue weighted by atomic mass is 19.4. The first kappa shape index (κ1) is 37.8. The zero-order chi connectivity index (χ0) is 37.6. The first-order valence-corrected chi connectivity index (χ1v) is 16.1. The number of aliphatic carboxylic acids is 1. The molecule has 3 aromatic rings. The van der Waals surface area contributed by atoms with Crippen LogP contribution in [0.3, 0.4) is 0 Å². The van der Waals surface area contributed by atoms with E-state index in [0.717, 1.165) is 7.11 Å². The Bertz CT molecular complexity index is 1730. The van der Waals surface area contributed by atoms with Crippen molar-refractivity contribution < 1.29 is 60.0 Å². The maximum absolute atomic E-state index is 14.1. The van der Waals surface area contributed by atoms with Crippen LogP contribution in [0.2, 0.25) is 0 Å². The average molecular weight is 722 g/mol. The summed E-state index contributed by atoms with van der Waals surface area (Å²) in [5.41, 5.74) is -7.78. The number of fused-ring (bicyclic) bond motifs is 2. The number of piperidine rings is 1. The van der Waals surface area contributed by atoms with Gasteiger partial charge in [0.25, 0.3) is 0 Å². The molecule has 5 rings (SSSR count). The van der Waals surface area contributed by atoms with Crippen LogP contribution in [0.5, 0.6) is 0 Å². The molecule has 5 atom stereocenters. The zero-order valence-corrected chi connectivity index (χ0v) is 28.2. The molecule has 0 amide bonds. The molecule has 2 aliphatic heterocycles. The molecule has 5 unspecified atom stereocenters. The minimum Gasteiger partial charge on any atom is -0.480 e. The number of methoxy groups -OCH3 is 1.